The summed E-state index contributed by atoms with van der Waals surface area (Å²) >= 11 is 25.3. The van der Waals surface area contributed by atoms with E-state index in [-0.39, 0.29) is 136 Å². The number of rotatable bonds is 34. The van der Waals surface area contributed by atoms with E-state index in [1.165, 1.54) is 89.5 Å². The number of hydrogen-bond acceptors (Lipinski definition) is 24. The number of hydroxylamine groups is 2. The van der Waals surface area contributed by atoms with Gasteiger partial charge in [0.15, 0.2) is 24.6 Å². The molecule has 25 nitrogen and oxygen atoms in total. The van der Waals surface area contributed by atoms with Crippen molar-refractivity contribution in [2.75, 3.05) is 83.5 Å². The number of allylic oxidation sites excluding steroid dienone is 2. The van der Waals surface area contributed by atoms with Crippen molar-refractivity contribution in [2.24, 2.45) is 71.0 Å². The van der Waals surface area contributed by atoms with Crippen LogP contribution < -0.4 is 31.2 Å². The largest absolute Gasteiger partial charge is 2.00 e. The van der Waals surface area contributed by atoms with E-state index in [1.807, 2.05) is 139 Å². The molecule has 6 fully saturated rings. The summed E-state index contributed by atoms with van der Waals surface area (Å²) in [6.45, 7) is 33.1. The Hall–Kier alpha value is -5.69. The fraction of sp³-hybridized carbons (Fsp3) is 0.643. The number of benzene rings is 5. The van der Waals surface area contributed by atoms with Crippen LogP contribution in [0.2, 0.25) is 0 Å². The molecule has 2 unspecified atom stereocenters. The Labute approximate surface area is 951 Å². The smallest absolute Gasteiger partial charge is 1.00 e. The average Bonchev–Trinajstić information content (AvgIpc) is 0.899. The minimum absolute atomic E-state index is 0. The van der Waals surface area contributed by atoms with Crippen LogP contribution in [0.3, 0.4) is 0 Å². The second-order valence-electron chi connectivity index (χ2n) is 38.7. The number of esters is 3. The van der Waals surface area contributed by atoms with Crippen molar-refractivity contribution in [1.29, 1.82) is 6.69 Å². The Kier molecular flexibility index (Phi) is 90.4. The van der Waals surface area contributed by atoms with Crippen LogP contribution in [0.25, 0.3) is 0 Å². The van der Waals surface area contributed by atoms with E-state index in [4.69, 9.17) is 109 Å². The van der Waals surface area contributed by atoms with E-state index in [1.54, 1.807) is 80.3 Å². The van der Waals surface area contributed by atoms with Crippen LogP contribution >= 0.6 is 62.3 Å². The van der Waals surface area contributed by atoms with E-state index >= 15 is 0 Å². The van der Waals surface area contributed by atoms with Gasteiger partial charge in [0.2, 0.25) is 11.8 Å². The Balaban J connectivity index is -0.000000808. The number of ketones is 1. The van der Waals surface area contributed by atoms with Gasteiger partial charge >= 0.3 is 48.2 Å². The summed E-state index contributed by atoms with van der Waals surface area (Å²) in [5, 5.41) is 51.1. The van der Waals surface area contributed by atoms with Crippen LogP contribution in [0.15, 0.2) is 140 Å². The maximum atomic E-state index is 12.1. The maximum absolute atomic E-state index is 12.1. The standard InChI is InChI=1S/C20H31NO4.C19H28O4.C18H26O4.C14H24O.C11H20O3.C11H14O3.C10H10Cl3NO.C4H8O.C3H8O.C3H5.CH3Cl.CH4O.BrH.Mg.H2P2S/c1-15(20(22)21(2)24-4)13-16-5-11-19(12-6-16)25-14-17-7-9-18(23-3)10-8-17;1-14(19(20)22-3)12-15-4-10-18(11-5-15)23-13-16-6-8-17(21-2)9-7-16;1-13(18(19)20)11-14-3-9-17(10-4-14)22-12-15-5-7-16(21-2)8-6-15;1-10(2)14(15)12(4)9-13-7-5-11(3)6-8-13;2*1-8(11(13)14-2)7-9-3-5-10(12)6-4-9;1-7-2-4-8(5-3-7)6-15-9(14)10(11,12)13;1-2-4-5-3-1;1-3(2)4;1-3-2;2*1-2;;;1-2-3/h7-10,15-16,19H,5-6,11-14H2,1-4H3;6-9,14-15,18H,4-5,10-13H2,1-3H3;5-8,13-14,17H,3-4,9-12H2,1-2H3,(H,19,20);11-13H,1,5-9H2,2-4H3;8-10,12H,3-7H2,1-2H3;3-6,8,12H,7H2,1-2H3;2-5,14H,6H2,1H3;1-4H2;3-4H,1-2H3;1H2,2H3;1H3;2H,1H3;1H;;1H2/q;;;;;;;;;-1;;;;+2;/t15-,16?,19?;14-,15?,18?;13-,14?,17?;11?,12-,13?;8-,9?,10?;8-;;;;;;;;;/m000000........./s1/i/hT. The number of phenols is 1. The van der Waals surface area contributed by atoms with Gasteiger partial charge in [-0.2, -0.15) is 6.92 Å². The first-order valence-corrected chi connectivity index (χ1v) is 56.9. The van der Waals surface area contributed by atoms with Crippen molar-refractivity contribution in [3.63, 3.8) is 0 Å². The first kappa shape index (κ1) is 147. The molecule has 0 spiro atoms. The van der Waals surface area contributed by atoms with Crippen molar-refractivity contribution in [1.82, 2.24) is 5.06 Å². The second kappa shape index (κ2) is 91.4. The number of hydrogen-bond donors (Lipinski definition) is 6. The molecule has 8 atom stereocenters. The molecule has 0 bridgehead atoms. The molecule has 1 amide bonds. The van der Waals surface area contributed by atoms with E-state index in [0.29, 0.717) is 73.8 Å². The number of carboxylic acid groups (broad SMARTS) is 1. The number of alkyl halides is 4. The van der Waals surface area contributed by atoms with Gasteiger partial charge in [-0.25, -0.2) is 5.06 Å². The molecule has 6 N–H and O–H groups in total. The Morgan fingerprint density at radius 3 is 1.09 bits per heavy atom. The number of nitrogens with zero attached hydrogens (tertiary/aromatic N) is 1. The van der Waals surface area contributed by atoms with Crippen molar-refractivity contribution < 1.29 is 128 Å². The zero-order chi connectivity index (χ0) is 112. The molecule has 34 heteroatoms. The molecule has 1 saturated heterocycles. The number of aromatic hydroxyl groups is 1. The van der Waals surface area contributed by atoms with Crippen LogP contribution in [-0.2, 0) is 116 Å². The summed E-state index contributed by atoms with van der Waals surface area (Å²) in [4.78, 5) is 73.4. The Morgan fingerprint density at radius 1 is 0.523 bits per heavy atom. The molecule has 1 aliphatic heterocycles. The summed E-state index contributed by atoms with van der Waals surface area (Å²) in [5.41, 5.74) is 7.32. The van der Waals surface area contributed by atoms with E-state index in [9.17, 15) is 33.9 Å². The summed E-state index contributed by atoms with van der Waals surface area (Å²) in [5.74, 6) is 5.50. The second-order valence-corrected chi connectivity index (χ2v) is 43.7. The number of aliphatic hydroxyl groups is 3. The van der Waals surface area contributed by atoms with Gasteiger partial charge in [0.1, 0.15) is 29.6 Å². The average molecular weight is 2300 g/mol. The van der Waals surface area contributed by atoms with Gasteiger partial charge in [0, 0.05) is 51.7 Å². The molecule has 149 heavy (non-hydrogen) atoms. The zero-order valence-corrected chi connectivity index (χ0v) is 102. The number of nitrogens with one attached hydrogen (secondary N) is 1. The van der Waals surface area contributed by atoms with Crippen LogP contribution in [0.5, 0.6) is 23.0 Å². The van der Waals surface area contributed by atoms with Gasteiger partial charge in [-0.05, 0) is 299 Å². The summed E-state index contributed by atoms with van der Waals surface area (Å²) in [6, 6.07) is 38.5. The predicted octanol–water partition coefficient (Wildman–Crippen LogP) is 23.2. The Morgan fingerprint density at radius 2 is 0.805 bits per heavy atom. The van der Waals surface area contributed by atoms with Gasteiger partial charge in [-0.1, -0.05) is 194 Å². The van der Waals surface area contributed by atoms with Crippen molar-refractivity contribution in [2.45, 2.75) is 324 Å². The van der Waals surface area contributed by atoms with Gasteiger partial charge in [-0.3, -0.25) is 45.6 Å². The molecular weight excluding hydrogens is 2120 g/mol. The number of aryl methyl sites for hydroxylation is 1. The molecule has 5 saturated carbocycles. The number of methoxy groups -OCH3 is 6. The first-order valence-electron chi connectivity index (χ1n) is 52.0. The normalized spacial score (nSPS) is 19.9. The Bertz CT molecular complexity index is 4300. The van der Waals surface area contributed by atoms with Crippen molar-refractivity contribution in [3.8, 4) is 23.0 Å². The van der Waals surface area contributed by atoms with Crippen LogP contribution in [0.4, 0.5) is 0 Å². The molecule has 844 valence electrons. The monoisotopic (exact) mass is 2300 g/mol. The summed E-state index contributed by atoms with van der Waals surface area (Å²) in [7, 11) is 15.7. The molecule has 6 aliphatic rings. The number of carboxylic acids is 1. The number of halogens is 5. The number of carbonyl (C=O) groups is 6. The maximum Gasteiger partial charge on any atom is 2.00 e. The summed E-state index contributed by atoms with van der Waals surface area (Å²) < 4.78 is 62.3. The molecule has 1 heterocycles. The van der Waals surface area contributed by atoms with E-state index in [2.05, 4.69) is 74.9 Å². The van der Waals surface area contributed by atoms with Gasteiger partial charge < -0.3 is 101 Å². The van der Waals surface area contributed by atoms with Crippen LogP contribution in [0.1, 0.15) is 283 Å². The number of Topliss-reactive ketones (excluding diaryl/α,β-unsaturated/α-hetero) is 1. The molecule has 5 aliphatic carbocycles. The van der Waals surface area contributed by atoms with Crippen LogP contribution in [-0.4, -0.2) is 214 Å². The number of phenolic OH excluding ortho intramolecular Hbond substituents is 1. The molecule has 0 radical (unpaired) electrons. The third kappa shape index (κ3) is 73.4. The number of carbonyl (C=O) groups excluding carboxylic acids is 5. The molecule has 11 rings (SSSR count). The minimum atomic E-state index is -1.79. The van der Waals surface area contributed by atoms with E-state index in [0.717, 1.165) is 206 Å². The number of aliphatic hydroxyl groups excluding tert-OH is 3. The molecule has 5 aromatic carbocycles. The molecular formula is C115H184BrCl4MgN2O23P2S+. The van der Waals surface area contributed by atoms with Gasteiger partial charge in [0.05, 0.1) is 127 Å². The van der Waals surface area contributed by atoms with Gasteiger partial charge in [-0.15, -0.1) is 11.6 Å². The zero-order valence-electron chi connectivity index (χ0n) is 94.4. The topological polar surface area (TPSA) is 341 Å². The fourth-order valence-electron chi connectivity index (χ4n) is 17.3. The quantitative estimate of drug-likeness (QED) is 0.00213. The van der Waals surface area contributed by atoms with Crippen LogP contribution in [0, 0.1) is 89.4 Å². The predicted molar refractivity (Wildman–Crippen MR) is 610 cm³/mol. The van der Waals surface area contributed by atoms with Crippen molar-refractivity contribution in [3.05, 3.63) is 180 Å². The number of ether oxygens (including phenoxy) is 11. The summed E-state index contributed by atoms with van der Waals surface area (Å²) in [6.07, 6.45) is 34.7. The van der Waals surface area contributed by atoms with E-state index < -0.39 is 16.8 Å². The fourth-order valence-corrected chi connectivity index (χ4v) is 17.4. The molecule has 5 aromatic rings. The van der Waals surface area contributed by atoms with Gasteiger partial charge in [0.25, 0.3) is 3.79 Å². The number of amides is 1. The third-order valence-corrected chi connectivity index (χ3v) is 26.4. The minimum Gasteiger partial charge on any atom is -1.00 e. The molecule has 0 aromatic heterocycles. The first-order chi connectivity index (χ1) is 70.3. The number of aliphatic carboxylic acids is 1. The van der Waals surface area contributed by atoms with Crippen molar-refractivity contribution >= 4 is 139 Å². The SMILES string of the molecule is C1CCOC1.C=C(C)C(=O)[C@@H](C)CC1CCC(C)CC1.C=[C-]C.CC(C)O.CCl.CO.COC(=O)[C@@H](C)CC1CCC(O)CC1.COC(=O)[C@@H](C)CC1CCC(OCc2ccc(OC)cc2)CC1.COC(=O)[C@@H](C)Cc1ccc(O)cc1.COc1ccc(COC2CCC(C[C@H](C)C(=O)N(C)OC)CC2)cc1.COc1ccc(COC2CCC(C[C@H](C)C(=O)O)CC2)cc1.Cc1ccc(COC(=N)C(Cl)(Cl)Cl)cc1.[3H][P+](P)=S.[Br-].[Mg+2]. The third-order valence-electron chi connectivity index (χ3n) is 25.9.